The number of likely N-dealkylation sites (N-methyl/N-ethyl adjacent to an activating group) is 1. The first kappa shape index (κ1) is 13.2. The Balaban J connectivity index is 2.80. The number of anilines is 1. The Kier molecular flexibility index (Phi) is 5.17. The highest BCUT2D eigenvalue weighted by Gasteiger charge is 2.10. The van der Waals surface area contributed by atoms with E-state index in [0.717, 1.165) is 13.1 Å². The maximum absolute atomic E-state index is 11.7. The van der Waals surface area contributed by atoms with E-state index in [2.05, 4.69) is 21.8 Å². The van der Waals surface area contributed by atoms with E-state index in [1.54, 1.807) is 6.20 Å². The van der Waals surface area contributed by atoms with Crippen molar-refractivity contribution in [1.29, 1.82) is 5.26 Å². The van der Waals surface area contributed by atoms with E-state index in [1.807, 2.05) is 14.0 Å². The molecular weight excluding hydrogens is 218 g/mol. The molecule has 2 N–H and O–H groups in total. The molecule has 0 saturated heterocycles. The van der Waals surface area contributed by atoms with Crippen molar-refractivity contribution in [3.05, 3.63) is 22.6 Å². The Morgan fingerprint density at radius 2 is 2.35 bits per heavy atom. The van der Waals surface area contributed by atoms with Gasteiger partial charge in [0.1, 0.15) is 6.04 Å². The largest absolute Gasteiger partial charge is 0.382 e. The van der Waals surface area contributed by atoms with Crippen molar-refractivity contribution in [2.45, 2.75) is 19.4 Å². The van der Waals surface area contributed by atoms with Gasteiger partial charge in [0.05, 0.1) is 18.0 Å². The minimum absolute atomic E-state index is 0.257. The number of aromatic nitrogens is 2. The maximum Gasteiger partial charge on any atom is 0.270 e. The third-order valence-corrected chi connectivity index (χ3v) is 2.36. The number of nitrogens with zero attached hydrogens (tertiary/aromatic N) is 3. The Morgan fingerprint density at radius 3 is 2.88 bits per heavy atom. The lowest BCUT2D eigenvalue weighted by Gasteiger charge is -2.10. The lowest BCUT2D eigenvalue weighted by atomic mass is 10.2. The summed E-state index contributed by atoms with van der Waals surface area (Å²) in [6.45, 7) is 3.37. The Bertz CT molecular complexity index is 448. The van der Waals surface area contributed by atoms with Crippen LogP contribution in [0, 0.1) is 11.3 Å². The number of rotatable bonds is 6. The van der Waals surface area contributed by atoms with Gasteiger partial charge >= 0.3 is 0 Å². The van der Waals surface area contributed by atoms with Crippen molar-refractivity contribution in [1.82, 2.24) is 15.1 Å². The van der Waals surface area contributed by atoms with Crippen LogP contribution in [0.3, 0.4) is 0 Å². The lowest BCUT2D eigenvalue weighted by Crippen LogP contribution is -2.26. The van der Waals surface area contributed by atoms with E-state index in [9.17, 15) is 4.79 Å². The quantitative estimate of drug-likeness (QED) is 0.695. The van der Waals surface area contributed by atoms with E-state index in [1.165, 1.54) is 10.7 Å². The van der Waals surface area contributed by atoms with Crippen molar-refractivity contribution < 1.29 is 0 Å². The fourth-order valence-corrected chi connectivity index (χ4v) is 1.40. The molecule has 6 heteroatoms. The van der Waals surface area contributed by atoms with Gasteiger partial charge in [-0.2, -0.15) is 10.4 Å². The van der Waals surface area contributed by atoms with Crippen LogP contribution in [0.1, 0.15) is 19.4 Å². The van der Waals surface area contributed by atoms with Gasteiger partial charge < -0.3 is 10.6 Å². The molecular formula is C11H17N5O. The average molecular weight is 235 g/mol. The molecule has 1 aromatic heterocycles. The number of nitrogens with one attached hydrogen (secondary N) is 2. The zero-order chi connectivity index (χ0) is 12.7. The van der Waals surface area contributed by atoms with Crippen LogP contribution in [-0.2, 0) is 0 Å². The highest BCUT2D eigenvalue weighted by molar-refractivity contribution is 5.38. The summed E-state index contributed by atoms with van der Waals surface area (Å²) in [7, 11) is 1.86. The second-order valence-electron chi connectivity index (χ2n) is 3.61. The number of hydrogen-bond donors (Lipinski definition) is 2. The summed E-state index contributed by atoms with van der Waals surface area (Å²) in [6.07, 6.45) is 2.13. The molecule has 0 fully saturated rings. The molecule has 92 valence electrons. The molecule has 17 heavy (non-hydrogen) atoms. The lowest BCUT2D eigenvalue weighted by molar-refractivity contribution is 0.506. The van der Waals surface area contributed by atoms with E-state index in [4.69, 9.17) is 5.26 Å². The summed E-state index contributed by atoms with van der Waals surface area (Å²) in [4.78, 5) is 11.7. The zero-order valence-electron chi connectivity index (χ0n) is 10.1. The molecule has 1 heterocycles. The van der Waals surface area contributed by atoms with Crippen LogP contribution in [0.4, 0.5) is 5.69 Å². The molecule has 1 aromatic rings. The number of hydrogen-bond acceptors (Lipinski definition) is 5. The van der Waals surface area contributed by atoms with Gasteiger partial charge in [-0.15, -0.1) is 0 Å². The first-order valence-electron chi connectivity index (χ1n) is 5.59. The second-order valence-corrected chi connectivity index (χ2v) is 3.61. The highest BCUT2D eigenvalue weighted by atomic mass is 16.1. The third kappa shape index (κ3) is 3.57. The summed E-state index contributed by atoms with van der Waals surface area (Å²) < 4.78 is 1.21. The van der Waals surface area contributed by atoms with Gasteiger partial charge in [0, 0.05) is 19.2 Å². The van der Waals surface area contributed by atoms with Gasteiger partial charge in [0.25, 0.3) is 5.56 Å². The molecule has 0 amide bonds. The third-order valence-electron chi connectivity index (χ3n) is 2.36. The van der Waals surface area contributed by atoms with Gasteiger partial charge in [-0.3, -0.25) is 4.79 Å². The van der Waals surface area contributed by atoms with Crippen LogP contribution in [0.5, 0.6) is 0 Å². The molecule has 0 spiro atoms. The summed E-state index contributed by atoms with van der Waals surface area (Å²) in [6, 6.07) is 3.02. The molecule has 0 saturated carbocycles. The van der Waals surface area contributed by atoms with E-state index in [0.29, 0.717) is 12.1 Å². The molecule has 1 unspecified atom stereocenters. The zero-order valence-corrected chi connectivity index (χ0v) is 10.1. The van der Waals surface area contributed by atoms with Crippen LogP contribution in [-0.4, -0.2) is 29.9 Å². The number of nitriles is 1. The predicted molar refractivity (Wildman–Crippen MR) is 65.9 cm³/mol. The summed E-state index contributed by atoms with van der Waals surface area (Å²) in [5.41, 5.74) is 0.419. The summed E-state index contributed by atoms with van der Waals surface area (Å²) >= 11 is 0. The fraction of sp³-hybridized carbons (Fsp3) is 0.545. The minimum atomic E-state index is -0.492. The molecule has 1 atom stereocenters. The highest BCUT2D eigenvalue weighted by Crippen LogP contribution is 2.06. The second kappa shape index (κ2) is 6.66. The predicted octanol–water partition coefficient (Wildman–Crippen LogP) is 0.349. The van der Waals surface area contributed by atoms with Crippen LogP contribution >= 0.6 is 0 Å². The molecule has 0 aliphatic rings. The Morgan fingerprint density at radius 1 is 1.59 bits per heavy atom. The monoisotopic (exact) mass is 235 g/mol. The molecule has 0 aliphatic carbocycles. The van der Waals surface area contributed by atoms with E-state index < -0.39 is 6.04 Å². The van der Waals surface area contributed by atoms with Crippen molar-refractivity contribution in [2.24, 2.45) is 0 Å². The van der Waals surface area contributed by atoms with Crippen molar-refractivity contribution >= 4 is 5.69 Å². The van der Waals surface area contributed by atoms with Crippen molar-refractivity contribution in [2.75, 3.05) is 25.5 Å². The molecule has 0 radical (unpaired) electrons. The fourth-order valence-electron chi connectivity index (χ4n) is 1.40. The average Bonchev–Trinajstić information content (AvgIpc) is 2.33. The van der Waals surface area contributed by atoms with Crippen LogP contribution in [0.2, 0.25) is 0 Å². The Labute approximate surface area is 100 Å². The van der Waals surface area contributed by atoms with Gasteiger partial charge in [-0.05, 0) is 13.5 Å². The molecule has 0 aliphatic heterocycles. The van der Waals surface area contributed by atoms with E-state index in [-0.39, 0.29) is 5.56 Å². The Hall–Kier alpha value is -1.87. The van der Waals surface area contributed by atoms with Gasteiger partial charge in [0.2, 0.25) is 0 Å². The van der Waals surface area contributed by atoms with Gasteiger partial charge in [-0.25, -0.2) is 4.68 Å². The van der Waals surface area contributed by atoms with Crippen LogP contribution < -0.4 is 16.2 Å². The van der Waals surface area contributed by atoms with Gasteiger partial charge in [-0.1, -0.05) is 6.92 Å². The minimum Gasteiger partial charge on any atom is -0.382 e. The first-order valence-corrected chi connectivity index (χ1v) is 5.59. The SMILES string of the molecule is CCC(C#N)n1ncc(NCCNC)cc1=O. The van der Waals surface area contributed by atoms with Crippen molar-refractivity contribution in [3.8, 4) is 6.07 Å². The molecule has 1 rings (SSSR count). The summed E-state index contributed by atoms with van der Waals surface area (Å²) in [5, 5.41) is 18.9. The molecule has 0 aromatic carbocycles. The van der Waals surface area contributed by atoms with Crippen LogP contribution in [0.15, 0.2) is 17.1 Å². The summed E-state index contributed by atoms with van der Waals surface area (Å²) in [5.74, 6) is 0. The molecule has 0 bridgehead atoms. The van der Waals surface area contributed by atoms with Crippen molar-refractivity contribution in [3.63, 3.8) is 0 Å². The van der Waals surface area contributed by atoms with E-state index >= 15 is 0 Å². The standard InChI is InChI=1S/C11H17N5O/c1-3-10(7-12)16-11(17)6-9(8-15-16)14-5-4-13-2/h6,8,10,13-14H,3-5H2,1-2H3. The first-order chi connectivity index (χ1) is 8.22. The van der Waals surface area contributed by atoms with Gasteiger partial charge in [0.15, 0.2) is 0 Å². The maximum atomic E-state index is 11.7. The normalized spacial score (nSPS) is 11.8. The molecule has 6 nitrogen and oxygen atoms in total. The topological polar surface area (TPSA) is 82.7 Å². The smallest absolute Gasteiger partial charge is 0.270 e. The van der Waals surface area contributed by atoms with Crippen LogP contribution in [0.25, 0.3) is 0 Å².